The summed E-state index contributed by atoms with van der Waals surface area (Å²) < 4.78 is 13.1. The predicted octanol–water partition coefficient (Wildman–Crippen LogP) is 4.75. The molecular weight excluding hydrogens is 369 g/mol. The highest BCUT2D eigenvalue weighted by molar-refractivity contribution is 5.95. The van der Waals surface area contributed by atoms with E-state index in [0.717, 1.165) is 31.5 Å². The molecule has 0 spiro atoms. The Morgan fingerprint density at radius 1 is 1.00 bits per heavy atom. The molecule has 0 bridgehead atoms. The maximum absolute atomic E-state index is 13.1. The number of amides is 3. The minimum absolute atomic E-state index is 0.0327. The van der Waals surface area contributed by atoms with Crippen LogP contribution >= 0.6 is 0 Å². The third-order valence-electron chi connectivity index (χ3n) is 5.45. The first-order chi connectivity index (χ1) is 13.7. The average molecular weight is 397 g/mol. The molecule has 3 rings (SSSR count). The van der Waals surface area contributed by atoms with Gasteiger partial charge in [0.25, 0.3) is 5.91 Å². The molecule has 0 aromatic heterocycles. The molecule has 1 aliphatic rings. The molecular formula is C23H28FN3O2. The van der Waals surface area contributed by atoms with Gasteiger partial charge in [-0.3, -0.25) is 4.79 Å². The summed E-state index contributed by atoms with van der Waals surface area (Å²) >= 11 is 0. The summed E-state index contributed by atoms with van der Waals surface area (Å²) in [5, 5.41) is 5.67. The fourth-order valence-electron chi connectivity index (χ4n) is 3.48. The van der Waals surface area contributed by atoms with Crippen LogP contribution in [0.5, 0.6) is 0 Å². The quantitative estimate of drug-likeness (QED) is 0.782. The molecule has 2 aromatic rings. The van der Waals surface area contributed by atoms with Crippen molar-refractivity contribution in [2.75, 3.05) is 18.4 Å². The molecule has 6 heteroatoms. The molecule has 2 aromatic carbocycles. The fourth-order valence-corrected chi connectivity index (χ4v) is 3.48. The number of benzene rings is 2. The van der Waals surface area contributed by atoms with Crippen LogP contribution in [-0.4, -0.2) is 29.9 Å². The van der Waals surface area contributed by atoms with E-state index in [1.807, 2.05) is 18.7 Å². The van der Waals surface area contributed by atoms with Crippen molar-refractivity contribution < 1.29 is 14.0 Å². The second kappa shape index (κ2) is 8.64. The SMILES string of the molecule is CC1CCN(C(=O)c2ccc(NC(=O)NC(C)(C)c3ccc(F)cc3)cc2)CC1. The Morgan fingerprint density at radius 3 is 2.17 bits per heavy atom. The molecule has 1 heterocycles. The van der Waals surface area contributed by atoms with Crippen LogP contribution in [0.3, 0.4) is 0 Å². The number of hydrogen-bond acceptors (Lipinski definition) is 2. The third-order valence-corrected chi connectivity index (χ3v) is 5.45. The number of carbonyl (C=O) groups excluding carboxylic acids is 2. The van der Waals surface area contributed by atoms with Crippen LogP contribution in [0.25, 0.3) is 0 Å². The maximum atomic E-state index is 13.1. The maximum Gasteiger partial charge on any atom is 0.319 e. The van der Waals surface area contributed by atoms with Crippen LogP contribution in [0.15, 0.2) is 48.5 Å². The predicted molar refractivity (Wildman–Crippen MR) is 112 cm³/mol. The zero-order chi connectivity index (χ0) is 21.0. The van der Waals surface area contributed by atoms with Gasteiger partial charge in [-0.05, 0) is 74.6 Å². The van der Waals surface area contributed by atoms with Crippen molar-refractivity contribution >= 4 is 17.6 Å². The van der Waals surface area contributed by atoms with Crippen LogP contribution in [0.1, 0.15) is 49.5 Å². The van der Waals surface area contributed by atoms with Crippen LogP contribution < -0.4 is 10.6 Å². The van der Waals surface area contributed by atoms with Gasteiger partial charge in [-0.1, -0.05) is 19.1 Å². The van der Waals surface area contributed by atoms with Crippen LogP contribution in [-0.2, 0) is 5.54 Å². The number of hydrogen-bond donors (Lipinski definition) is 2. The van der Waals surface area contributed by atoms with E-state index >= 15 is 0 Å². The Labute approximate surface area is 171 Å². The minimum Gasteiger partial charge on any atom is -0.339 e. The van der Waals surface area contributed by atoms with Crippen LogP contribution in [0.2, 0.25) is 0 Å². The van der Waals surface area contributed by atoms with Gasteiger partial charge in [0, 0.05) is 24.3 Å². The van der Waals surface area contributed by atoms with Gasteiger partial charge in [0.2, 0.25) is 0 Å². The molecule has 0 atom stereocenters. The molecule has 29 heavy (non-hydrogen) atoms. The first kappa shape index (κ1) is 20.8. The van der Waals surface area contributed by atoms with Crippen molar-refractivity contribution in [2.24, 2.45) is 5.92 Å². The normalized spacial score (nSPS) is 15.1. The zero-order valence-electron chi connectivity index (χ0n) is 17.2. The Balaban J connectivity index is 1.58. The number of nitrogens with one attached hydrogen (secondary N) is 2. The lowest BCUT2D eigenvalue weighted by atomic mass is 9.94. The van der Waals surface area contributed by atoms with Crippen molar-refractivity contribution in [1.82, 2.24) is 10.2 Å². The largest absolute Gasteiger partial charge is 0.339 e. The molecule has 5 nitrogen and oxygen atoms in total. The van der Waals surface area contributed by atoms with Gasteiger partial charge in [0.15, 0.2) is 0 Å². The highest BCUT2D eigenvalue weighted by atomic mass is 19.1. The van der Waals surface area contributed by atoms with Gasteiger partial charge in [-0.2, -0.15) is 0 Å². The van der Waals surface area contributed by atoms with E-state index in [2.05, 4.69) is 17.6 Å². The van der Waals surface area contributed by atoms with Crippen LogP contribution in [0.4, 0.5) is 14.9 Å². The lowest BCUT2D eigenvalue weighted by Crippen LogP contribution is -2.43. The fraction of sp³-hybridized carbons (Fsp3) is 0.391. The van der Waals surface area contributed by atoms with E-state index in [1.54, 1.807) is 36.4 Å². The molecule has 1 fully saturated rings. The molecule has 1 saturated heterocycles. The molecule has 2 N–H and O–H groups in total. The Hall–Kier alpha value is -2.89. The zero-order valence-corrected chi connectivity index (χ0v) is 17.2. The summed E-state index contributed by atoms with van der Waals surface area (Å²) in [4.78, 5) is 26.9. The molecule has 154 valence electrons. The Kier molecular flexibility index (Phi) is 6.20. The van der Waals surface area contributed by atoms with Gasteiger partial charge < -0.3 is 15.5 Å². The lowest BCUT2D eigenvalue weighted by molar-refractivity contribution is 0.0697. The van der Waals surface area contributed by atoms with E-state index in [0.29, 0.717) is 17.2 Å². The minimum atomic E-state index is -0.668. The van der Waals surface area contributed by atoms with Crippen molar-refractivity contribution in [3.63, 3.8) is 0 Å². The molecule has 0 aliphatic carbocycles. The number of halogens is 1. The number of likely N-dealkylation sites (tertiary alicyclic amines) is 1. The Morgan fingerprint density at radius 2 is 1.59 bits per heavy atom. The van der Waals surface area contributed by atoms with Crippen molar-refractivity contribution in [3.05, 3.63) is 65.5 Å². The highest BCUT2D eigenvalue weighted by Crippen LogP contribution is 2.21. The standard InChI is InChI=1S/C23H28FN3O2/c1-16-12-14-27(15-13-16)21(28)17-4-10-20(11-5-17)25-22(29)26-23(2,3)18-6-8-19(24)9-7-18/h4-11,16H,12-15H2,1-3H3,(H2,25,26,29). The summed E-state index contributed by atoms with van der Waals surface area (Å²) in [5.74, 6) is 0.386. The van der Waals surface area contributed by atoms with Gasteiger partial charge in [0.05, 0.1) is 5.54 Å². The van der Waals surface area contributed by atoms with Gasteiger partial charge in [-0.15, -0.1) is 0 Å². The highest BCUT2D eigenvalue weighted by Gasteiger charge is 2.23. The Bertz CT molecular complexity index is 855. The topological polar surface area (TPSA) is 61.4 Å². The molecule has 0 saturated carbocycles. The first-order valence-corrected chi connectivity index (χ1v) is 9.99. The van der Waals surface area contributed by atoms with Crippen molar-refractivity contribution in [1.29, 1.82) is 0 Å². The number of nitrogens with zero attached hydrogens (tertiary/aromatic N) is 1. The smallest absolute Gasteiger partial charge is 0.319 e. The number of urea groups is 1. The lowest BCUT2D eigenvalue weighted by Gasteiger charge is -2.30. The molecule has 3 amide bonds. The first-order valence-electron chi connectivity index (χ1n) is 9.99. The van der Waals surface area contributed by atoms with Gasteiger partial charge >= 0.3 is 6.03 Å². The van der Waals surface area contributed by atoms with E-state index in [9.17, 15) is 14.0 Å². The third kappa shape index (κ3) is 5.34. The molecule has 0 unspecified atom stereocenters. The summed E-state index contributed by atoms with van der Waals surface area (Å²) in [6, 6.07) is 12.6. The van der Waals surface area contributed by atoms with E-state index in [-0.39, 0.29) is 17.8 Å². The summed E-state index contributed by atoms with van der Waals surface area (Å²) in [5.41, 5.74) is 1.35. The van der Waals surface area contributed by atoms with E-state index < -0.39 is 5.54 Å². The molecule has 0 radical (unpaired) electrons. The number of piperidine rings is 1. The number of anilines is 1. The van der Waals surface area contributed by atoms with Crippen LogP contribution in [0, 0.1) is 11.7 Å². The van der Waals surface area contributed by atoms with Gasteiger partial charge in [0.1, 0.15) is 5.82 Å². The second-order valence-electron chi connectivity index (χ2n) is 8.26. The monoisotopic (exact) mass is 397 g/mol. The molecule has 1 aliphatic heterocycles. The van der Waals surface area contributed by atoms with Crippen molar-refractivity contribution in [2.45, 2.75) is 39.2 Å². The summed E-state index contributed by atoms with van der Waals surface area (Å²) in [6.45, 7) is 7.49. The summed E-state index contributed by atoms with van der Waals surface area (Å²) in [6.07, 6.45) is 2.07. The van der Waals surface area contributed by atoms with Crippen molar-refractivity contribution in [3.8, 4) is 0 Å². The van der Waals surface area contributed by atoms with E-state index in [1.165, 1.54) is 12.1 Å². The average Bonchev–Trinajstić information content (AvgIpc) is 2.68. The summed E-state index contributed by atoms with van der Waals surface area (Å²) in [7, 11) is 0. The number of carbonyl (C=O) groups is 2. The second-order valence-corrected chi connectivity index (χ2v) is 8.26. The van der Waals surface area contributed by atoms with E-state index in [4.69, 9.17) is 0 Å². The van der Waals surface area contributed by atoms with Gasteiger partial charge in [-0.25, -0.2) is 9.18 Å². The number of rotatable bonds is 4.